The van der Waals surface area contributed by atoms with Crippen LogP contribution in [0.25, 0.3) is 0 Å². The monoisotopic (exact) mass is 374 g/mol. The molecule has 4 aliphatic carbocycles. The van der Waals surface area contributed by atoms with Gasteiger partial charge in [-0.3, -0.25) is 9.59 Å². The van der Waals surface area contributed by atoms with Crippen LogP contribution in [0.2, 0.25) is 0 Å². The molecule has 4 rings (SSSR count). The molecule has 7 atom stereocenters. The molecule has 27 heavy (non-hydrogen) atoms. The van der Waals surface area contributed by atoms with E-state index in [1.165, 1.54) is 18.9 Å². The first-order chi connectivity index (χ1) is 12.8. The predicted molar refractivity (Wildman–Crippen MR) is 103 cm³/mol. The lowest BCUT2D eigenvalue weighted by Crippen LogP contribution is -2.51. The van der Waals surface area contributed by atoms with Crippen LogP contribution in [0, 0.1) is 34.5 Å². The Morgan fingerprint density at radius 2 is 1.93 bits per heavy atom. The van der Waals surface area contributed by atoms with Gasteiger partial charge in [0.15, 0.2) is 5.78 Å². The summed E-state index contributed by atoms with van der Waals surface area (Å²) in [6, 6.07) is 0. The molecule has 0 unspecified atom stereocenters. The summed E-state index contributed by atoms with van der Waals surface area (Å²) in [5, 5.41) is 9.42. The van der Waals surface area contributed by atoms with Crippen molar-refractivity contribution in [3.8, 4) is 0 Å². The first-order valence-corrected chi connectivity index (χ1v) is 10.8. The summed E-state index contributed by atoms with van der Waals surface area (Å²) in [5.41, 5.74) is 1.79. The molecule has 0 saturated heterocycles. The number of Topliss-reactive ketones (excluding diaryl/α,β-unsaturated/α-hetero) is 1. The number of ketones is 1. The second-order valence-electron chi connectivity index (χ2n) is 10.0. The van der Waals surface area contributed by atoms with Crippen LogP contribution >= 0.6 is 0 Å². The van der Waals surface area contributed by atoms with Crippen molar-refractivity contribution >= 4 is 11.8 Å². The highest BCUT2D eigenvalue weighted by molar-refractivity contribution is 5.83. The first kappa shape index (κ1) is 19.2. The number of allylic oxidation sites excluding steroid dienone is 1. The van der Waals surface area contributed by atoms with Crippen LogP contribution in [0.4, 0.5) is 0 Å². The summed E-state index contributed by atoms with van der Waals surface area (Å²) in [5.74, 6) is 1.86. The highest BCUT2D eigenvalue weighted by Crippen LogP contribution is 2.66. The molecule has 150 valence electrons. The predicted octanol–water partition coefficient (Wildman–Crippen LogP) is 4.06. The van der Waals surface area contributed by atoms with E-state index in [1.54, 1.807) is 0 Å². The standard InChI is InChI=1S/C23H34O4/c1-14(25)27-16-8-10-22(2)15(12-16)4-5-17-18-6-7-20(21(26)13-24)23(18,3)11-9-19(17)22/h4,16-20,24H,5-13H2,1-3H3/t16-,17+,18+,19+,20-,22+,23+/m1/s1. The van der Waals surface area contributed by atoms with Gasteiger partial charge in [0.1, 0.15) is 12.7 Å². The van der Waals surface area contributed by atoms with Crippen LogP contribution in [-0.4, -0.2) is 29.6 Å². The Morgan fingerprint density at radius 1 is 1.15 bits per heavy atom. The molecule has 1 N–H and O–H groups in total. The SMILES string of the molecule is CC(=O)O[C@@H]1CC[C@@]2(C)C(=CC[C@H]3[C@@H]4CC[C@H](C(=O)CO)[C@@]4(C)CC[C@@H]32)C1. The maximum atomic E-state index is 12.3. The van der Waals surface area contributed by atoms with E-state index >= 15 is 0 Å². The van der Waals surface area contributed by atoms with E-state index in [-0.39, 0.29) is 41.2 Å². The Hall–Kier alpha value is -1.16. The molecule has 4 nitrogen and oxygen atoms in total. The van der Waals surface area contributed by atoms with Gasteiger partial charge in [0.25, 0.3) is 0 Å². The van der Waals surface area contributed by atoms with E-state index in [0.717, 1.165) is 44.9 Å². The van der Waals surface area contributed by atoms with E-state index in [9.17, 15) is 14.7 Å². The second-order valence-corrected chi connectivity index (χ2v) is 10.0. The number of carbonyl (C=O) groups excluding carboxylic acids is 2. The Labute approximate surface area is 162 Å². The molecule has 0 radical (unpaired) electrons. The van der Waals surface area contributed by atoms with E-state index in [1.807, 2.05) is 0 Å². The first-order valence-electron chi connectivity index (χ1n) is 10.8. The number of aliphatic hydroxyl groups excluding tert-OH is 1. The van der Waals surface area contributed by atoms with E-state index < -0.39 is 0 Å². The Kier molecular flexibility index (Phi) is 4.77. The maximum absolute atomic E-state index is 12.3. The number of aliphatic hydroxyl groups is 1. The number of carbonyl (C=O) groups is 2. The number of esters is 1. The van der Waals surface area contributed by atoms with Crippen molar-refractivity contribution in [2.75, 3.05) is 6.61 Å². The van der Waals surface area contributed by atoms with Gasteiger partial charge >= 0.3 is 5.97 Å². The van der Waals surface area contributed by atoms with E-state index in [2.05, 4.69) is 19.9 Å². The molecule has 0 aliphatic heterocycles. The molecule has 0 heterocycles. The lowest BCUT2D eigenvalue weighted by molar-refractivity contribution is -0.149. The molecule has 3 fully saturated rings. The van der Waals surface area contributed by atoms with Gasteiger partial charge in [-0.25, -0.2) is 0 Å². The third kappa shape index (κ3) is 2.90. The summed E-state index contributed by atoms with van der Waals surface area (Å²) in [4.78, 5) is 23.7. The Bertz CT molecular complexity index is 667. The van der Waals surface area contributed by atoms with Gasteiger partial charge in [-0.1, -0.05) is 25.5 Å². The Balaban J connectivity index is 1.57. The van der Waals surface area contributed by atoms with Gasteiger partial charge in [0, 0.05) is 19.3 Å². The van der Waals surface area contributed by atoms with Gasteiger partial charge in [-0.05, 0) is 73.5 Å². The third-order valence-corrected chi connectivity index (χ3v) is 8.94. The molecule has 0 bridgehead atoms. The maximum Gasteiger partial charge on any atom is 0.302 e. The molecular formula is C23H34O4. The Morgan fingerprint density at radius 3 is 2.63 bits per heavy atom. The lowest BCUT2D eigenvalue weighted by atomic mass is 9.47. The van der Waals surface area contributed by atoms with Gasteiger partial charge in [0.05, 0.1) is 0 Å². The topological polar surface area (TPSA) is 63.6 Å². The average Bonchev–Trinajstić information content (AvgIpc) is 2.98. The number of ether oxygens (including phenoxy) is 1. The van der Waals surface area contributed by atoms with Crippen molar-refractivity contribution in [3.05, 3.63) is 11.6 Å². The van der Waals surface area contributed by atoms with Crippen molar-refractivity contribution in [2.24, 2.45) is 34.5 Å². The van der Waals surface area contributed by atoms with E-state index in [0.29, 0.717) is 17.8 Å². The van der Waals surface area contributed by atoms with Crippen molar-refractivity contribution in [1.82, 2.24) is 0 Å². The molecule has 0 aromatic carbocycles. The van der Waals surface area contributed by atoms with Crippen molar-refractivity contribution < 1.29 is 19.4 Å². The fourth-order valence-electron chi connectivity index (χ4n) is 7.60. The van der Waals surface area contributed by atoms with Crippen molar-refractivity contribution in [1.29, 1.82) is 0 Å². The van der Waals surface area contributed by atoms with E-state index in [4.69, 9.17) is 4.74 Å². The third-order valence-electron chi connectivity index (χ3n) is 8.94. The lowest BCUT2D eigenvalue weighted by Gasteiger charge is -2.58. The molecule has 4 heteroatoms. The highest BCUT2D eigenvalue weighted by atomic mass is 16.5. The fourth-order valence-corrected chi connectivity index (χ4v) is 7.60. The van der Waals surface area contributed by atoms with Crippen LogP contribution in [0.5, 0.6) is 0 Å². The normalized spacial score (nSPS) is 45.9. The number of rotatable bonds is 3. The number of hydrogen-bond donors (Lipinski definition) is 1. The second kappa shape index (κ2) is 6.72. The number of fused-ring (bicyclic) bond motifs is 5. The summed E-state index contributed by atoms with van der Waals surface area (Å²) in [6.45, 7) is 5.96. The van der Waals surface area contributed by atoms with Crippen LogP contribution in [-0.2, 0) is 14.3 Å². The molecule has 0 spiro atoms. The summed E-state index contributed by atoms with van der Waals surface area (Å²) in [7, 11) is 0. The van der Waals surface area contributed by atoms with Crippen LogP contribution in [0.15, 0.2) is 11.6 Å². The van der Waals surface area contributed by atoms with Crippen molar-refractivity contribution in [3.63, 3.8) is 0 Å². The van der Waals surface area contributed by atoms with Gasteiger partial charge < -0.3 is 9.84 Å². The largest absolute Gasteiger partial charge is 0.462 e. The van der Waals surface area contributed by atoms with Gasteiger partial charge in [-0.2, -0.15) is 0 Å². The molecule has 0 aromatic rings. The zero-order valence-electron chi connectivity index (χ0n) is 17.0. The molecule has 0 aromatic heterocycles. The zero-order valence-corrected chi connectivity index (χ0v) is 17.0. The smallest absolute Gasteiger partial charge is 0.302 e. The molecule has 4 aliphatic rings. The molecule has 0 amide bonds. The average molecular weight is 375 g/mol. The van der Waals surface area contributed by atoms with Gasteiger partial charge in [-0.15, -0.1) is 0 Å². The minimum absolute atomic E-state index is 0.0465. The van der Waals surface area contributed by atoms with Crippen LogP contribution < -0.4 is 0 Å². The van der Waals surface area contributed by atoms with Crippen LogP contribution in [0.3, 0.4) is 0 Å². The fraction of sp³-hybridized carbons (Fsp3) is 0.826. The summed E-state index contributed by atoms with van der Waals surface area (Å²) < 4.78 is 5.52. The van der Waals surface area contributed by atoms with Crippen LogP contribution in [0.1, 0.15) is 72.1 Å². The minimum atomic E-state index is -0.305. The highest BCUT2D eigenvalue weighted by Gasteiger charge is 2.59. The number of hydrogen-bond acceptors (Lipinski definition) is 4. The molecular weight excluding hydrogens is 340 g/mol. The molecule has 3 saturated carbocycles. The quantitative estimate of drug-likeness (QED) is 0.598. The minimum Gasteiger partial charge on any atom is -0.462 e. The van der Waals surface area contributed by atoms with Crippen molar-refractivity contribution in [2.45, 2.75) is 78.2 Å². The van der Waals surface area contributed by atoms with Gasteiger partial charge in [0.2, 0.25) is 0 Å². The summed E-state index contributed by atoms with van der Waals surface area (Å²) in [6.07, 6.45) is 10.9. The summed E-state index contributed by atoms with van der Waals surface area (Å²) >= 11 is 0. The zero-order chi connectivity index (χ0) is 19.4.